The van der Waals surface area contributed by atoms with Crippen LogP contribution < -0.4 is 5.32 Å². The molecule has 524 valence electrons. The third-order valence-electron chi connectivity index (χ3n) is 22.3. The molecule has 26 nitrogen and oxygen atoms in total. The molecule has 6 aliphatic heterocycles. The summed E-state index contributed by atoms with van der Waals surface area (Å²) in [6.45, 7) is 21.4. The number of carbonyl (C=O) groups is 3. The molecule has 7 fully saturated rings. The van der Waals surface area contributed by atoms with E-state index in [-0.39, 0.29) is 68.6 Å². The summed E-state index contributed by atoms with van der Waals surface area (Å²) in [5.74, 6) is -5.27. The summed E-state index contributed by atoms with van der Waals surface area (Å²) in [5, 5.41) is 94.1. The summed E-state index contributed by atoms with van der Waals surface area (Å²) in [5.41, 5.74) is -3.33. The highest BCUT2D eigenvalue weighted by Gasteiger charge is 2.64. The summed E-state index contributed by atoms with van der Waals surface area (Å²) in [4.78, 5) is 43.0. The number of alkyl carbamates (subject to hydrolysis) is 1. The third-order valence-corrected chi connectivity index (χ3v) is 22.3. The number of nitrogens with zero attached hydrogens (tertiary/aromatic N) is 1. The first-order chi connectivity index (χ1) is 43.9. The van der Waals surface area contributed by atoms with Crippen LogP contribution in [0, 0.1) is 52.0 Å². The second-order valence-electron chi connectivity index (χ2n) is 28.6. The van der Waals surface area contributed by atoms with Crippen LogP contribution in [0.1, 0.15) is 134 Å². The number of esters is 1. The molecule has 1 saturated carbocycles. The Hall–Kier alpha value is -3.85. The summed E-state index contributed by atoms with van der Waals surface area (Å²) < 4.78 is 82.1. The van der Waals surface area contributed by atoms with Gasteiger partial charge in [0.15, 0.2) is 37.1 Å². The maximum atomic E-state index is 15.7. The van der Waals surface area contributed by atoms with Crippen LogP contribution in [0.4, 0.5) is 4.79 Å². The van der Waals surface area contributed by atoms with Crippen molar-refractivity contribution in [3.8, 4) is 0 Å². The zero-order valence-electron chi connectivity index (χ0n) is 55.9. The number of aliphatic hydroxyl groups is 6. The van der Waals surface area contributed by atoms with Crippen molar-refractivity contribution in [1.29, 1.82) is 0 Å². The molecule has 0 aromatic rings. The van der Waals surface area contributed by atoms with E-state index in [0.717, 1.165) is 5.57 Å². The number of amides is 1. The van der Waals surface area contributed by atoms with Crippen LogP contribution in [0.25, 0.3) is 0 Å². The number of ketones is 1. The highest BCUT2D eigenvalue weighted by molar-refractivity contribution is 6.26. The van der Waals surface area contributed by atoms with Crippen molar-refractivity contribution in [3.63, 3.8) is 0 Å². The third kappa shape index (κ3) is 13.9. The molecule has 0 radical (unpaired) electrons. The van der Waals surface area contributed by atoms with Gasteiger partial charge in [-0.3, -0.25) is 10.0 Å². The van der Waals surface area contributed by atoms with Gasteiger partial charge in [0.2, 0.25) is 5.78 Å². The van der Waals surface area contributed by atoms with Crippen molar-refractivity contribution < 1.29 is 112 Å². The molecule has 2 bridgehead atoms. The van der Waals surface area contributed by atoms with Crippen LogP contribution in [0.2, 0.25) is 0 Å². The first-order valence-electron chi connectivity index (χ1n) is 33.2. The molecular formula is C67H101N2O24-. The molecule has 31 atom stereocenters. The lowest BCUT2D eigenvalue weighted by atomic mass is 9.49. The van der Waals surface area contributed by atoms with Crippen LogP contribution in [0.5, 0.6) is 0 Å². The number of hydrogen-bond donors (Lipinski definition) is 8. The van der Waals surface area contributed by atoms with Crippen molar-refractivity contribution in [2.75, 3.05) is 20.8 Å². The molecule has 1 spiro atoms. The zero-order valence-corrected chi connectivity index (χ0v) is 55.9. The van der Waals surface area contributed by atoms with Gasteiger partial charge in [0.1, 0.15) is 35.7 Å². The second-order valence-corrected chi connectivity index (χ2v) is 28.6. The Bertz CT molecular complexity index is 2830. The van der Waals surface area contributed by atoms with Crippen LogP contribution >= 0.6 is 0 Å². The first kappa shape index (κ1) is 71.9. The van der Waals surface area contributed by atoms with E-state index in [1.165, 1.54) is 21.1 Å². The molecule has 8 N–H and O–H groups in total. The predicted octanol–water partition coefficient (Wildman–Crippen LogP) is 5.37. The van der Waals surface area contributed by atoms with E-state index in [1.54, 1.807) is 46.8 Å². The van der Waals surface area contributed by atoms with Gasteiger partial charge in [0.05, 0.1) is 92.4 Å². The number of ether oxygens (including phenoxy) is 13. The van der Waals surface area contributed by atoms with Gasteiger partial charge in [-0.1, -0.05) is 63.6 Å². The van der Waals surface area contributed by atoms with E-state index >= 15 is 4.79 Å². The number of allylic oxidation sites excluding steroid dienone is 3. The number of hydrogen-bond acceptors (Lipinski definition) is 25. The number of methoxy groups -OCH3 is 2. The molecule has 26 heteroatoms. The Kier molecular flexibility index (Phi) is 22.1. The van der Waals surface area contributed by atoms with Gasteiger partial charge >= 0.3 is 12.1 Å². The SMILES string of the molecule is COC(=O)N[C@H]1[C@@H](C)O[C@@H](O[C@H]2C/C=C(\C)[C@@H]3C=C[C@@H]4[C@@H](O[C@H]5C[C@@H](O[C@H]6C[C@@H](O[C@H]7C[C@@H](O)[C@@H](O)[C@H](C)O7)[C@@H](O[C@@H]7C[C@@H](O)[C@@H](OC)[C@H](C)O7)[C@H](C)O6)[C@@H](O)[C@H](C)O5)[C@@H](C)C[C@H](C)[C@H]4[C@]3(C)C(O)=C3C(=O)O[C@]4(C[C@@H](C)C(CO)=C[C@H]4/C=C/2C)C3=O)C[C@]1(C)N([O-])O. The molecule has 10 aliphatic rings. The quantitative estimate of drug-likeness (QED) is 0.0469. The van der Waals surface area contributed by atoms with Crippen molar-refractivity contribution in [3.05, 3.63) is 63.6 Å². The number of nitrogens with one attached hydrogen (secondary N) is 1. The van der Waals surface area contributed by atoms with E-state index in [0.29, 0.717) is 17.6 Å². The molecule has 6 heterocycles. The molecular weight excluding hydrogens is 1220 g/mol. The maximum Gasteiger partial charge on any atom is 0.407 e. The van der Waals surface area contributed by atoms with Gasteiger partial charge in [-0.25, -0.2) is 9.59 Å². The van der Waals surface area contributed by atoms with Gasteiger partial charge in [-0.2, -0.15) is 0 Å². The minimum Gasteiger partial charge on any atom is -0.762 e. The van der Waals surface area contributed by atoms with Crippen molar-refractivity contribution in [2.24, 2.45) is 46.8 Å². The van der Waals surface area contributed by atoms with Crippen LogP contribution in [-0.2, 0) is 71.2 Å². The molecule has 0 unspecified atom stereocenters. The average Bonchev–Trinajstić information content (AvgIpc) is 1.70. The fourth-order valence-electron chi connectivity index (χ4n) is 17.3. The summed E-state index contributed by atoms with van der Waals surface area (Å²) in [6.07, 6.45) is -7.74. The van der Waals surface area contributed by atoms with Gasteiger partial charge in [-0.15, -0.1) is 0 Å². The average molecular weight is 1320 g/mol. The lowest BCUT2D eigenvalue weighted by molar-refractivity contribution is -0.353. The van der Waals surface area contributed by atoms with Crippen molar-refractivity contribution in [2.45, 2.75) is 275 Å². The fourth-order valence-corrected chi connectivity index (χ4v) is 17.3. The number of hydroxylamine groups is 2. The van der Waals surface area contributed by atoms with Gasteiger partial charge in [0.25, 0.3) is 0 Å². The Morgan fingerprint density at radius 1 is 0.688 bits per heavy atom. The fraction of sp³-hybridized carbons (Fsp3) is 0.806. The van der Waals surface area contributed by atoms with Crippen LogP contribution in [0.3, 0.4) is 0 Å². The number of fused-ring (bicyclic) bond motifs is 4. The zero-order chi connectivity index (χ0) is 67.7. The highest BCUT2D eigenvalue weighted by atomic mass is 16.8. The predicted molar refractivity (Wildman–Crippen MR) is 327 cm³/mol. The van der Waals surface area contributed by atoms with E-state index in [9.17, 15) is 50.6 Å². The molecule has 10 rings (SSSR count). The Labute approximate surface area is 544 Å². The highest BCUT2D eigenvalue weighted by Crippen LogP contribution is 2.61. The minimum atomic E-state index is -1.84. The Morgan fingerprint density at radius 3 is 1.92 bits per heavy atom. The number of aliphatic hydroxyl groups excluding tert-OH is 6. The molecule has 0 aromatic heterocycles. The Morgan fingerprint density at radius 2 is 1.28 bits per heavy atom. The molecule has 1 amide bonds. The lowest BCUT2D eigenvalue weighted by Gasteiger charge is -2.56. The normalized spacial score (nSPS) is 49.2. The standard InChI is InChI=1S/C67H101N2O24/c1-29-15-18-45(88-52-27-65(11,69(79)80)60(38(10)87-52)68-64(78)82-14)30(2)20-40-21-39(28-70)33(5)26-67(40)62(76)53(63(77)93-67)61(75)66(12)42(29)17-16-41-54(66)31(3)19-32(4)57(41)91-51-24-46(56(74)35(7)84-51)89-50-25-47(90-48-22-43(71)55(73)34(6)83-48)59(37(9)86-50)92-49-23-44(72)58(81-13)36(8)85-49/h15-17,20-21,31-38,40-52,54-60,70-75,79H,18-19,22-28H2,1-14H3,(H,68,78)/q-1/b29-15+,30-20+,61-53?/t31-,32-,33+,34-,35-,36-,37-,38+,40+,41-,42-,43+,44+,45-,46+,47+,48-,49+,50-,51-,52-,54+,55-,56-,57-,58-,59-,60-,65-,66+,67-/m0/s1. The molecule has 0 aromatic carbocycles. The van der Waals surface area contributed by atoms with Crippen LogP contribution in [-0.4, -0.2) is 220 Å². The van der Waals surface area contributed by atoms with Crippen molar-refractivity contribution >= 4 is 17.8 Å². The second kappa shape index (κ2) is 28.5. The first-order valence-corrected chi connectivity index (χ1v) is 33.2. The van der Waals surface area contributed by atoms with Gasteiger partial charge < -0.3 is 108 Å². The Balaban J connectivity index is 0.942. The van der Waals surface area contributed by atoms with Crippen LogP contribution in [0.15, 0.2) is 58.4 Å². The summed E-state index contributed by atoms with van der Waals surface area (Å²) >= 11 is 0. The molecule has 4 aliphatic carbocycles. The van der Waals surface area contributed by atoms with E-state index < -0.39 is 204 Å². The summed E-state index contributed by atoms with van der Waals surface area (Å²) in [6, 6.07) is -1.03. The summed E-state index contributed by atoms with van der Waals surface area (Å²) in [7, 11) is 2.68. The molecule has 93 heavy (non-hydrogen) atoms. The van der Waals surface area contributed by atoms with E-state index in [4.69, 9.17) is 61.6 Å². The van der Waals surface area contributed by atoms with Gasteiger partial charge in [0, 0.05) is 68.8 Å². The topological polar surface area (TPSA) is 351 Å². The van der Waals surface area contributed by atoms with Gasteiger partial charge in [-0.05, 0) is 103 Å². The monoisotopic (exact) mass is 1320 g/mol. The lowest BCUT2D eigenvalue weighted by Crippen LogP contribution is -2.67. The number of Topliss-reactive ketones (excluding diaryl/α,β-unsaturated/α-hetero) is 1. The number of rotatable bonds is 14. The van der Waals surface area contributed by atoms with E-state index in [1.807, 2.05) is 39.8 Å². The minimum absolute atomic E-state index is 0.00305. The van der Waals surface area contributed by atoms with Crippen molar-refractivity contribution in [1.82, 2.24) is 10.5 Å². The largest absolute Gasteiger partial charge is 0.762 e. The maximum absolute atomic E-state index is 15.7. The van der Waals surface area contributed by atoms with E-state index in [2.05, 4.69) is 25.2 Å². The molecule has 6 saturated heterocycles. The smallest absolute Gasteiger partial charge is 0.407 e. The number of carbonyl (C=O) groups excluding carboxylic acids is 3.